The van der Waals surface area contributed by atoms with Crippen LogP contribution in [0.1, 0.15) is 168 Å². The summed E-state index contributed by atoms with van der Waals surface area (Å²) in [5, 5.41) is 0. The summed E-state index contributed by atoms with van der Waals surface area (Å²) >= 11 is 0. The summed E-state index contributed by atoms with van der Waals surface area (Å²) in [6, 6.07) is 0. The number of hydrogen-bond donors (Lipinski definition) is 0. The molecule has 0 aliphatic rings. The molecule has 0 fully saturated rings. The fourth-order valence-corrected chi connectivity index (χ4v) is 4.10. The van der Waals surface area contributed by atoms with Crippen LogP contribution in [0.3, 0.4) is 0 Å². The third-order valence-electron chi connectivity index (χ3n) is 6.20. The molecule has 0 aliphatic heterocycles. The first-order chi connectivity index (χ1) is 15.2. The van der Waals surface area contributed by atoms with Crippen LogP contribution in [0.25, 0.3) is 0 Å². The minimum atomic E-state index is -0.331. The Labute approximate surface area is 222 Å². The van der Waals surface area contributed by atoms with Crippen LogP contribution in [0.15, 0.2) is 0 Å². The Hall–Kier alpha value is 0.140. The van der Waals surface area contributed by atoms with Gasteiger partial charge in [-0.05, 0) is 12.8 Å². The van der Waals surface area contributed by atoms with Gasteiger partial charge in [0, 0.05) is 12.8 Å². The normalized spacial score (nSPS) is 10.7. The van der Waals surface area contributed by atoms with Gasteiger partial charge in [0.05, 0.1) is 0 Å². The molecule has 0 rings (SSSR count). The zero-order valence-electron chi connectivity index (χ0n) is 21.2. The van der Waals surface area contributed by atoms with E-state index in [4.69, 9.17) is 4.74 Å². The van der Waals surface area contributed by atoms with E-state index < -0.39 is 0 Å². The van der Waals surface area contributed by atoms with Crippen LogP contribution in [0, 0.1) is 0 Å². The van der Waals surface area contributed by atoms with Gasteiger partial charge in [-0.25, -0.2) is 0 Å². The number of unbranched alkanes of at least 4 members (excludes halogenated alkanes) is 20. The fraction of sp³-hybridized carbons (Fsp3) is 0.929. The van der Waals surface area contributed by atoms with E-state index in [1.807, 2.05) is 0 Å². The van der Waals surface area contributed by atoms with Crippen molar-refractivity contribution in [1.29, 1.82) is 0 Å². The van der Waals surface area contributed by atoms with Crippen molar-refractivity contribution in [2.24, 2.45) is 0 Å². The van der Waals surface area contributed by atoms with Crippen LogP contribution in [0.5, 0.6) is 0 Å². The predicted octanol–water partition coefficient (Wildman–Crippen LogP) is 8.81. The van der Waals surface area contributed by atoms with Crippen LogP contribution in [-0.2, 0) is 14.3 Å². The van der Waals surface area contributed by atoms with Crippen LogP contribution in [-0.4, -0.2) is 41.5 Å². The molecular formula is C28H55NaO3. The van der Waals surface area contributed by atoms with Gasteiger partial charge in [0.1, 0.15) is 0 Å². The molecule has 0 heterocycles. The maximum absolute atomic E-state index is 11.8. The van der Waals surface area contributed by atoms with Crippen molar-refractivity contribution in [2.75, 3.05) is 0 Å². The standard InChI is InChI=1S/C28H54O3.Na.H/c1-3-5-7-9-11-13-14-15-16-18-20-22-24-26-28(30)31-27(29)25-23-21-19-17-12-10-8-6-4-2;;/h3-26H2,1-2H3;;. The monoisotopic (exact) mass is 462 g/mol. The van der Waals surface area contributed by atoms with Gasteiger partial charge in [0.2, 0.25) is 0 Å². The van der Waals surface area contributed by atoms with E-state index in [-0.39, 0.29) is 41.5 Å². The number of rotatable bonds is 24. The zero-order valence-corrected chi connectivity index (χ0v) is 21.2. The quantitative estimate of drug-likeness (QED) is 0.0623. The molecule has 3 nitrogen and oxygen atoms in total. The summed E-state index contributed by atoms with van der Waals surface area (Å²) in [6.45, 7) is 4.50. The van der Waals surface area contributed by atoms with Gasteiger partial charge in [-0.1, -0.05) is 142 Å². The third kappa shape index (κ3) is 28.2. The van der Waals surface area contributed by atoms with E-state index >= 15 is 0 Å². The average Bonchev–Trinajstić information content (AvgIpc) is 2.75. The molecule has 0 saturated heterocycles. The second-order valence-electron chi connectivity index (χ2n) is 9.42. The molecule has 0 unspecified atom stereocenters. The molecule has 0 aromatic heterocycles. The fourth-order valence-electron chi connectivity index (χ4n) is 4.10. The predicted molar refractivity (Wildman–Crippen MR) is 140 cm³/mol. The van der Waals surface area contributed by atoms with Crippen LogP contribution in [0.4, 0.5) is 0 Å². The molecule has 0 atom stereocenters. The topological polar surface area (TPSA) is 43.4 Å². The molecule has 4 heteroatoms. The summed E-state index contributed by atoms with van der Waals surface area (Å²) in [7, 11) is 0. The molecule has 0 aromatic carbocycles. The van der Waals surface area contributed by atoms with E-state index in [0.717, 1.165) is 25.7 Å². The molecule has 0 spiro atoms. The van der Waals surface area contributed by atoms with E-state index in [9.17, 15) is 9.59 Å². The Morgan fingerprint density at radius 2 is 0.625 bits per heavy atom. The number of esters is 2. The number of ether oxygens (including phenoxy) is 1. The van der Waals surface area contributed by atoms with E-state index in [2.05, 4.69) is 13.8 Å². The second-order valence-corrected chi connectivity index (χ2v) is 9.42. The Balaban J connectivity index is 0. The van der Waals surface area contributed by atoms with Crippen molar-refractivity contribution in [3.05, 3.63) is 0 Å². The number of hydrogen-bond acceptors (Lipinski definition) is 3. The Kier molecular flexibility index (Phi) is 31.3. The molecule has 0 N–H and O–H groups in total. The summed E-state index contributed by atoms with van der Waals surface area (Å²) in [4.78, 5) is 23.5. The maximum atomic E-state index is 11.8. The molecule has 0 amide bonds. The first-order valence-corrected chi connectivity index (χ1v) is 13.9. The first kappa shape index (κ1) is 34.3. The van der Waals surface area contributed by atoms with E-state index in [0.29, 0.717) is 12.8 Å². The van der Waals surface area contributed by atoms with Crippen molar-refractivity contribution in [3.63, 3.8) is 0 Å². The first-order valence-electron chi connectivity index (χ1n) is 13.9. The average molecular weight is 463 g/mol. The molecule has 0 saturated carbocycles. The van der Waals surface area contributed by atoms with Crippen molar-refractivity contribution in [2.45, 2.75) is 168 Å². The van der Waals surface area contributed by atoms with Crippen molar-refractivity contribution in [3.8, 4) is 0 Å². The van der Waals surface area contributed by atoms with Gasteiger partial charge in [0.15, 0.2) is 0 Å². The van der Waals surface area contributed by atoms with Gasteiger partial charge in [-0.2, -0.15) is 0 Å². The van der Waals surface area contributed by atoms with Gasteiger partial charge in [0.25, 0.3) is 0 Å². The van der Waals surface area contributed by atoms with Crippen molar-refractivity contribution < 1.29 is 14.3 Å². The Morgan fingerprint density at radius 3 is 0.875 bits per heavy atom. The van der Waals surface area contributed by atoms with Gasteiger partial charge >= 0.3 is 41.5 Å². The molecule has 32 heavy (non-hydrogen) atoms. The zero-order chi connectivity index (χ0) is 22.8. The molecular weight excluding hydrogens is 407 g/mol. The Morgan fingerprint density at radius 1 is 0.406 bits per heavy atom. The van der Waals surface area contributed by atoms with Crippen LogP contribution in [0.2, 0.25) is 0 Å². The van der Waals surface area contributed by atoms with Crippen molar-refractivity contribution in [1.82, 2.24) is 0 Å². The van der Waals surface area contributed by atoms with E-state index in [1.165, 1.54) is 116 Å². The molecule has 0 radical (unpaired) electrons. The summed E-state index contributed by atoms with van der Waals surface area (Å²) in [6.07, 6.45) is 28.5. The van der Waals surface area contributed by atoms with Crippen molar-refractivity contribution >= 4 is 41.5 Å². The van der Waals surface area contributed by atoms with Gasteiger partial charge < -0.3 is 4.74 Å². The van der Waals surface area contributed by atoms with Crippen LogP contribution < -0.4 is 0 Å². The van der Waals surface area contributed by atoms with Gasteiger partial charge in [-0.15, -0.1) is 0 Å². The Bertz CT molecular complexity index is 398. The van der Waals surface area contributed by atoms with Crippen LogP contribution >= 0.6 is 0 Å². The third-order valence-corrected chi connectivity index (χ3v) is 6.20. The van der Waals surface area contributed by atoms with E-state index in [1.54, 1.807) is 0 Å². The number of carbonyl (C=O) groups excluding carboxylic acids is 2. The molecule has 0 aliphatic carbocycles. The second kappa shape index (κ2) is 29.2. The summed E-state index contributed by atoms with van der Waals surface area (Å²) in [5.41, 5.74) is 0. The minimum absolute atomic E-state index is 0. The molecule has 0 bridgehead atoms. The SMILES string of the molecule is CCCCCCCCCCCCCCCC(=O)OC(=O)CCCCCCCCCCC.[NaH]. The summed E-state index contributed by atoms with van der Waals surface area (Å²) in [5.74, 6) is -0.661. The molecule has 0 aromatic rings. The molecule has 186 valence electrons. The summed E-state index contributed by atoms with van der Waals surface area (Å²) < 4.78 is 4.95. The van der Waals surface area contributed by atoms with Gasteiger partial charge in [-0.3, -0.25) is 9.59 Å². The number of carbonyl (C=O) groups is 2.